The Bertz CT molecular complexity index is 1290. The lowest BCUT2D eigenvalue weighted by atomic mass is 9.90. The predicted octanol–water partition coefficient (Wildman–Crippen LogP) is 5.09. The number of carbonyl (C=O) groups is 4. The smallest absolute Gasteiger partial charge is 0.339 e. The summed E-state index contributed by atoms with van der Waals surface area (Å²) < 4.78 is 14.9. The van der Waals surface area contributed by atoms with Crippen LogP contribution in [-0.2, 0) is 41.6 Å². The van der Waals surface area contributed by atoms with Crippen molar-refractivity contribution in [2.45, 2.75) is 38.6 Å². The van der Waals surface area contributed by atoms with Crippen molar-refractivity contribution in [3.8, 4) is 0 Å². The number of thiophene rings is 1. The van der Waals surface area contributed by atoms with Crippen molar-refractivity contribution in [1.29, 1.82) is 0 Å². The molecule has 0 aliphatic heterocycles. The van der Waals surface area contributed by atoms with Gasteiger partial charge < -0.3 is 19.1 Å². The molecule has 2 heterocycles. The largest absolute Gasteiger partial charge is 0.469 e. The van der Waals surface area contributed by atoms with Crippen molar-refractivity contribution in [2.75, 3.05) is 25.7 Å². The number of halogens is 2. The van der Waals surface area contributed by atoms with Crippen molar-refractivity contribution >= 4 is 64.0 Å². The van der Waals surface area contributed by atoms with Gasteiger partial charge in [0, 0.05) is 28.4 Å². The van der Waals surface area contributed by atoms with Gasteiger partial charge in [0.2, 0.25) is 0 Å². The molecule has 1 aliphatic carbocycles. The van der Waals surface area contributed by atoms with E-state index in [0.717, 1.165) is 17.8 Å². The number of nitrogens with zero attached hydrogens (tertiary/aromatic N) is 2. The molecule has 1 aliphatic rings. The van der Waals surface area contributed by atoms with Crippen molar-refractivity contribution in [3.05, 3.63) is 67.6 Å². The maximum atomic E-state index is 14.1. The van der Waals surface area contributed by atoms with Gasteiger partial charge in [-0.2, -0.15) is 0 Å². The number of hydrogen-bond acceptors (Lipinski definition) is 9. The summed E-state index contributed by atoms with van der Waals surface area (Å²) in [5, 5.41) is 0.114. The Labute approximate surface area is 234 Å². The van der Waals surface area contributed by atoms with Crippen molar-refractivity contribution < 1.29 is 33.4 Å². The molecule has 0 spiro atoms. The second kappa shape index (κ2) is 13.5. The minimum atomic E-state index is -0.591. The standard InChI is InChI=1S/C26H26Cl2N2O7S/c1-4-9-37-26(34)18-8-6-5-7-17(18)24(32)30(14-15-10-16(13-29-12-15)25(33)36-3)22-21(27)19(38-23(22)28)11-20(31)35-2/h4,10,12-13H,1,5-9,11,14H2,2-3H3. The number of hydrogen-bond donors (Lipinski definition) is 0. The Morgan fingerprint density at radius 2 is 1.79 bits per heavy atom. The molecule has 0 N–H and O–H groups in total. The highest BCUT2D eigenvalue weighted by molar-refractivity contribution is 7.17. The van der Waals surface area contributed by atoms with Crippen LogP contribution in [0.15, 0.2) is 42.3 Å². The molecule has 38 heavy (non-hydrogen) atoms. The molecule has 12 heteroatoms. The minimum Gasteiger partial charge on any atom is -0.469 e. The third kappa shape index (κ3) is 6.80. The number of amides is 1. The quantitative estimate of drug-likeness (QED) is 0.217. The van der Waals surface area contributed by atoms with Crippen LogP contribution in [0.3, 0.4) is 0 Å². The van der Waals surface area contributed by atoms with Gasteiger partial charge in [-0.3, -0.25) is 14.6 Å². The van der Waals surface area contributed by atoms with E-state index in [4.69, 9.17) is 37.4 Å². The summed E-state index contributed by atoms with van der Waals surface area (Å²) in [7, 11) is 2.51. The maximum absolute atomic E-state index is 14.1. The van der Waals surface area contributed by atoms with Gasteiger partial charge in [0.05, 0.1) is 43.5 Å². The van der Waals surface area contributed by atoms with Crippen molar-refractivity contribution in [2.24, 2.45) is 0 Å². The summed E-state index contributed by atoms with van der Waals surface area (Å²) in [5.74, 6) is -2.20. The van der Waals surface area contributed by atoms with E-state index in [1.165, 1.54) is 43.7 Å². The van der Waals surface area contributed by atoms with E-state index >= 15 is 0 Å². The lowest BCUT2D eigenvalue weighted by molar-refractivity contribution is -0.140. The van der Waals surface area contributed by atoms with Gasteiger partial charge in [0.15, 0.2) is 0 Å². The molecule has 0 fully saturated rings. The molecule has 9 nitrogen and oxygen atoms in total. The highest BCUT2D eigenvalue weighted by atomic mass is 35.5. The number of pyridine rings is 1. The molecule has 202 valence electrons. The van der Waals surface area contributed by atoms with Crippen LogP contribution < -0.4 is 4.90 Å². The summed E-state index contributed by atoms with van der Waals surface area (Å²) in [6.07, 6.45) is 6.30. The van der Waals surface area contributed by atoms with Crippen molar-refractivity contribution in [3.63, 3.8) is 0 Å². The Morgan fingerprint density at radius 1 is 1.08 bits per heavy atom. The van der Waals surface area contributed by atoms with Crippen molar-refractivity contribution in [1.82, 2.24) is 4.98 Å². The summed E-state index contributed by atoms with van der Waals surface area (Å²) >= 11 is 14.3. The summed E-state index contributed by atoms with van der Waals surface area (Å²) in [6, 6.07) is 1.54. The fraction of sp³-hybridized carbons (Fsp3) is 0.346. The summed E-state index contributed by atoms with van der Waals surface area (Å²) in [4.78, 5) is 56.7. The first-order valence-electron chi connectivity index (χ1n) is 11.6. The second-order valence-electron chi connectivity index (χ2n) is 8.23. The van der Waals surface area contributed by atoms with Gasteiger partial charge in [-0.05, 0) is 37.3 Å². The molecule has 0 bridgehead atoms. The number of aromatic nitrogens is 1. The number of anilines is 1. The zero-order valence-corrected chi connectivity index (χ0v) is 23.2. The molecule has 1 amide bonds. The molecule has 0 saturated heterocycles. The third-order valence-electron chi connectivity index (χ3n) is 5.76. The van der Waals surface area contributed by atoms with Gasteiger partial charge in [0.1, 0.15) is 10.9 Å². The monoisotopic (exact) mass is 580 g/mol. The molecule has 0 saturated carbocycles. The zero-order valence-electron chi connectivity index (χ0n) is 20.9. The molecule has 3 rings (SSSR count). The van der Waals surface area contributed by atoms with E-state index < -0.39 is 23.8 Å². The molecule has 0 atom stereocenters. The Morgan fingerprint density at radius 3 is 2.45 bits per heavy atom. The molecule has 0 radical (unpaired) electrons. The van der Waals surface area contributed by atoms with Crippen LogP contribution in [0.1, 0.15) is 46.5 Å². The van der Waals surface area contributed by atoms with Crippen LogP contribution in [0, 0.1) is 0 Å². The highest BCUT2D eigenvalue weighted by Crippen LogP contribution is 2.45. The SMILES string of the molecule is C=CCOC(=O)C1=C(C(=O)N(Cc2cncc(C(=O)OC)c2)c2c(Cl)sc(CC(=O)OC)c2Cl)CCCC1. The van der Waals surface area contributed by atoms with E-state index in [-0.39, 0.29) is 51.3 Å². The van der Waals surface area contributed by atoms with Crippen LogP contribution >= 0.6 is 34.5 Å². The molecular formula is C26H26Cl2N2O7S. The first-order chi connectivity index (χ1) is 18.2. The third-order valence-corrected chi connectivity index (χ3v) is 7.66. The molecule has 2 aromatic rings. The second-order valence-corrected chi connectivity index (χ2v) is 10.3. The van der Waals surface area contributed by atoms with E-state index in [9.17, 15) is 19.2 Å². The minimum absolute atomic E-state index is 0.0125. The molecule has 0 unspecified atom stereocenters. The maximum Gasteiger partial charge on any atom is 0.339 e. The lowest BCUT2D eigenvalue weighted by Gasteiger charge is -2.27. The summed E-state index contributed by atoms with van der Waals surface area (Å²) in [6.45, 7) is 3.48. The van der Waals surface area contributed by atoms with Gasteiger partial charge in [-0.1, -0.05) is 35.9 Å². The fourth-order valence-corrected chi connectivity index (χ4v) is 5.81. The van der Waals surface area contributed by atoms with E-state index in [1.54, 1.807) is 0 Å². The average molecular weight is 581 g/mol. The Kier molecular flexibility index (Phi) is 10.5. The molecular weight excluding hydrogens is 555 g/mol. The Balaban J connectivity index is 2.12. The highest BCUT2D eigenvalue weighted by Gasteiger charge is 2.33. The number of carbonyl (C=O) groups excluding carboxylic acids is 4. The van der Waals surface area contributed by atoms with Gasteiger partial charge in [-0.15, -0.1) is 11.3 Å². The molecule has 0 aromatic carbocycles. The number of ether oxygens (including phenoxy) is 3. The number of methoxy groups -OCH3 is 2. The summed E-state index contributed by atoms with van der Waals surface area (Å²) in [5.41, 5.74) is 1.43. The predicted molar refractivity (Wildman–Crippen MR) is 143 cm³/mol. The number of esters is 3. The van der Waals surface area contributed by atoms with Crippen LogP contribution in [0.2, 0.25) is 9.36 Å². The van der Waals surface area contributed by atoms with Crippen LogP contribution in [-0.4, -0.2) is 49.6 Å². The normalized spacial score (nSPS) is 13.1. The topological polar surface area (TPSA) is 112 Å². The first kappa shape index (κ1) is 29.3. The van der Waals surface area contributed by atoms with Crippen LogP contribution in [0.5, 0.6) is 0 Å². The van der Waals surface area contributed by atoms with Gasteiger partial charge in [-0.25, -0.2) is 9.59 Å². The lowest BCUT2D eigenvalue weighted by Crippen LogP contribution is -2.34. The first-order valence-corrected chi connectivity index (χ1v) is 13.2. The molecule has 2 aromatic heterocycles. The van der Waals surface area contributed by atoms with E-state index in [0.29, 0.717) is 29.7 Å². The van der Waals surface area contributed by atoms with Crippen LogP contribution in [0.25, 0.3) is 0 Å². The van der Waals surface area contributed by atoms with Gasteiger partial charge >= 0.3 is 17.9 Å². The number of rotatable bonds is 10. The van der Waals surface area contributed by atoms with Crippen LogP contribution in [0.4, 0.5) is 5.69 Å². The van der Waals surface area contributed by atoms with E-state index in [2.05, 4.69) is 11.6 Å². The fourth-order valence-electron chi connectivity index (χ4n) is 3.95. The zero-order chi connectivity index (χ0) is 27.8. The van der Waals surface area contributed by atoms with E-state index in [1.807, 2.05) is 0 Å². The Hall–Kier alpha value is -3.21. The average Bonchev–Trinajstić information content (AvgIpc) is 3.21. The van der Waals surface area contributed by atoms with Gasteiger partial charge in [0.25, 0.3) is 5.91 Å².